The molecule has 0 saturated heterocycles. The lowest BCUT2D eigenvalue weighted by Gasteiger charge is -2.41. The van der Waals surface area contributed by atoms with E-state index in [0.29, 0.717) is 0 Å². The first kappa shape index (κ1) is 23.8. The Morgan fingerprint density at radius 2 is 0.727 bits per heavy atom. The fraction of sp³-hybridized carbons (Fsp3) is 0.200. The van der Waals surface area contributed by atoms with Crippen LogP contribution >= 0.6 is 18.5 Å². The highest BCUT2D eigenvalue weighted by atomic mass is 31.0. The summed E-state index contributed by atoms with van der Waals surface area (Å²) in [6.45, 7) is 5.03. The molecular formula is C30H33NP2. The Bertz CT molecular complexity index is 945. The van der Waals surface area contributed by atoms with Crippen molar-refractivity contribution in [2.45, 2.75) is 17.2 Å². The molecule has 33 heavy (non-hydrogen) atoms. The van der Waals surface area contributed by atoms with Crippen LogP contribution in [0.3, 0.4) is 0 Å². The zero-order chi connectivity index (χ0) is 23.2. The molecule has 0 fully saturated rings. The number of nitrogens with zero attached hydrogens (tertiary/aromatic N) is 1. The van der Waals surface area contributed by atoms with Gasteiger partial charge in [0.2, 0.25) is 0 Å². The second kappa shape index (κ2) is 10.8. The minimum Gasteiger partial charge on any atom is -0.300 e. The third kappa shape index (κ3) is 5.28. The largest absolute Gasteiger partial charge is 0.300 e. The predicted molar refractivity (Wildman–Crippen MR) is 149 cm³/mol. The van der Waals surface area contributed by atoms with Gasteiger partial charge >= 0.3 is 0 Å². The van der Waals surface area contributed by atoms with Gasteiger partial charge in [-0.25, -0.2) is 0 Å². The summed E-state index contributed by atoms with van der Waals surface area (Å²) in [4.78, 5) is 2.58. The van der Waals surface area contributed by atoms with Crippen LogP contribution in [0.4, 0.5) is 0 Å². The number of hydrogen-bond donors (Lipinski definition) is 0. The smallest absolute Gasteiger partial charge is 0.0470 e. The van der Waals surface area contributed by atoms with Crippen LogP contribution in [0, 0.1) is 0 Å². The molecule has 0 bridgehead atoms. The molecule has 0 N–H and O–H groups in total. The molecule has 1 nitrogen and oxygen atoms in total. The minimum absolute atomic E-state index is 0.197. The first-order valence-corrected chi connectivity index (χ1v) is 12.7. The van der Waals surface area contributed by atoms with Crippen LogP contribution in [0.1, 0.15) is 29.2 Å². The second-order valence-corrected chi connectivity index (χ2v) is 10.7. The SMILES string of the molecule is CCN(CC(P)(c1ccccc1)c1ccccc1)CC(P)(c1ccccc1)c1ccccc1. The van der Waals surface area contributed by atoms with Crippen LogP contribution in [0.2, 0.25) is 0 Å². The molecule has 0 aliphatic heterocycles. The van der Waals surface area contributed by atoms with E-state index in [4.69, 9.17) is 0 Å². The molecule has 168 valence electrons. The van der Waals surface area contributed by atoms with Gasteiger partial charge in [0, 0.05) is 23.4 Å². The lowest BCUT2D eigenvalue weighted by molar-refractivity contribution is 0.253. The molecule has 0 aromatic heterocycles. The molecule has 4 aromatic rings. The van der Waals surface area contributed by atoms with Crippen molar-refractivity contribution < 1.29 is 0 Å². The van der Waals surface area contributed by atoms with Crippen LogP contribution in [0.5, 0.6) is 0 Å². The topological polar surface area (TPSA) is 3.24 Å². The molecule has 2 atom stereocenters. The Morgan fingerprint density at radius 1 is 0.485 bits per heavy atom. The summed E-state index contributed by atoms with van der Waals surface area (Å²) in [6.07, 6.45) is 0. The molecule has 0 heterocycles. The van der Waals surface area contributed by atoms with Crippen LogP contribution in [-0.4, -0.2) is 24.5 Å². The number of rotatable bonds is 9. The van der Waals surface area contributed by atoms with Gasteiger partial charge in [0.25, 0.3) is 0 Å². The average molecular weight is 470 g/mol. The maximum absolute atomic E-state index is 3.20. The molecule has 0 aliphatic carbocycles. The Balaban J connectivity index is 1.73. The van der Waals surface area contributed by atoms with Gasteiger partial charge in [-0.1, -0.05) is 128 Å². The Kier molecular flexibility index (Phi) is 7.77. The molecule has 2 unspecified atom stereocenters. The number of benzene rings is 4. The fourth-order valence-electron chi connectivity index (χ4n) is 4.63. The molecule has 0 radical (unpaired) electrons. The summed E-state index contributed by atoms with van der Waals surface area (Å²) in [5, 5.41) is -0.394. The summed E-state index contributed by atoms with van der Waals surface area (Å²) >= 11 is 0. The highest BCUT2D eigenvalue weighted by Gasteiger charge is 2.36. The molecule has 4 aromatic carbocycles. The van der Waals surface area contributed by atoms with Crippen molar-refractivity contribution in [2.24, 2.45) is 0 Å². The van der Waals surface area contributed by atoms with Crippen molar-refractivity contribution in [3.63, 3.8) is 0 Å². The molecular weight excluding hydrogens is 436 g/mol. The third-order valence-corrected chi connectivity index (χ3v) is 8.25. The van der Waals surface area contributed by atoms with Gasteiger partial charge in [0.15, 0.2) is 0 Å². The van der Waals surface area contributed by atoms with Gasteiger partial charge in [-0.2, -0.15) is 0 Å². The summed E-state index contributed by atoms with van der Waals surface area (Å²) in [5.41, 5.74) is 5.25. The normalized spacial score (nSPS) is 12.1. The highest BCUT2D eigenvalue weighted by Crippen LogP contribution is 2.43. The van der Waals surface area contributed by atoms with E-state index in [0.717, 1.165) is 19.6 Å². The zero-order valence-electron chi connectivity index (χ0n) is 19.3. The van der Waals surface area contributed by atoms with E-state index in [1.54, 1.807) is 0 Å². The maximum Gasteiger partial charge on any atom is 0.0470 e. The lowest BCUT2D eigenvalue weighted by atomic mass is 9.87. The van der Waals surface area contributed by atoms with Gasteiger partial charge in [-0.3, -0.25) is 0 Å². The molecule has 0 saturated carbocycles. The average Bonchev–Trinajstić information content (AvgIpc) is 2.90. The van der Waals surface area contributed by atoms with E-state index in [9.17, 15) is 0 Å². The van der Waals surface area contributed by atoms with E-state index >= 15 is 0 Å². The van der Waals surface area contributed by atoms with Crippen LogP contribution in [0.15, 0.2) is 121 Å². The first-order chi connectivity index (χ1) is 16.1. The highest BCUT2D eigenvalue weighted by molar-refractivity contribution is 7.19. The summed E-state index contributed by atoms with van der Waals surface area (Å²) in [6, 6.07) is 43.5. The molecule has 3 heteroatoms. The van der Waals surface area contributed by atoms with Gasteiger partial charge in [-0.05, 0) is 28.8 Å². The van der Waals surface area contributed by atoms with E-state index in [1.807, 2.05) is 0 Å². The van der Waals surface area contributed by atoms with Gasteiger partial charge in [-0.15, -0.1) is 18.5 Å². The Labute approximate surface area is 203 Å². The Hall–Kier alpha value is -2.30. The number of hydrogen-bond acceptors (Lipinski definition) is 1. The van der Waals surface area contributed by atoms with E-state index in [2.05, 4.69) is 152 Å². The Morgan fingerprint density at radius 3 is 0.939 bits per heavy atom. The standard InChI is InChI=1S/C30H33NP2/c1-2-31(23-29(32,25-15-7-3-8-16-25)26-17-9-4-10-18-26)24-30(33,27-19-11-5-12-20-27)28-21-13-6-14-22-28/h3-22H,2,23-24,32-33H2,1H3. The van der Waals surface area contributed by atoms with E-state index < -0.39 is 0 Å². The van der Waals surface area contributed by atoms with Gasteiger partial charge in [0.1, 0.15) is 0 Å². The van der Waals surface area contributed by atoms with Crippen molar-refractivity contribution in [3.8, 4) is 0 Å². The van der Waals surface area contributed by atoms with E-state index in [-0.39, 0.29) is 10.3 Å². The summed E-state index contributed by atoms with van der Waals surface area (Å²) in [7, 11) is 6.40. The minimum atomic E-state index is -0.197. The van der Waals surface area contributed by atoms with Crippen molar-refractivity contribution in [2.75, 3.05) is 19.6 Å². The van der Waals surface area contributed by atoms with Gasteiger partial charge in [0.05, 0.1) is 0 Å². The predicted octanol–water partition coefficient (Wildman–Crippen LogP) is 6.95. The molecule has 0 spiro atoms. The van der Waals surface area contributed by atoms with Crippen molar-refractivity contribution in [3.05, 3.63) is 144 Å². The maximum atomic E-state index is 3.20. The van der Waals surface area contributed by atoms with Crippen molar-refractivity contribution in [1.29, 1.82) is 0 Å². The lowest BCUT2D eigenvalue weighted by Crippen LogP contribution is -2.44. The van der Waals surface area contributed by atoms with E-state index in [1.165, 1.54) is 22.3 Å². The molecule has 4 rings (SSSR count). The first-order valence-electron chi connectivity index (χ1n) is 11.6. The second-order valence-electron chi connectivity index (χ2n) is 8.71. The summed E-state index contributed by atoms with van der Waals surface area (Å²) in [5.74, 6) is 0. The quantitative estimate of drug-likeness (QED) is 0.240. The monoisotopic (exact) mass is 469 g/mol. The van der Waals surface area contributed by atoms with Gasteiger partial charge < -0.3 is 4.90 Å². The molecule has 0 aliphatic rings. The molecule has 0 amide bonds. The number of likely N-dealkylation sites (N-methyl/N-ethyl adjacent to an activating group) is 1. The van der Waals surface area contributed by atoms with Crippen molar-refractivity contribution >= 4 is 18.5 Å². The fourth-order valence-corrected chi connectivity index (χ4v) is 5.91. The van der Waals surface area contributed by atoms with Crippen LogP contribution < -0.4 is 0 Å². The third-order valence-electron chi connectivity index (χ3n) is 6.55. The zero-order valence-corrected chi connectivity index (χ0v) is 21.6. The summed E-state index contributed by atoms with van der Waals surface area (Å²) < 4.78 is 0. The van der Waals surface area contributed by atoms with Crippen LogP contribution in [0.25, 0.3) is 0 Å². The van der Waals surface area contributed by atoms with Crippen molar-refractivity contribution in [1.82, 2.24) is 4.90 Å². The van der Waals surface area contributed by atoms with Crippen LogP contribution in [-0.2, 0) is 10.3 Å².